The Hall–Kier alpha value is -3.25. The molecule has 4 rings (SSSR count). The van der Waals surface area contributed by atoms with Crippen LogP contribution in [-0.2, 0) is 22.8 Å². The second-order valence-corrected chi connectivity index (χ2v) is 8.18. The molecule has 0 radical (unpaired) electrons. The molecule has 0 saturated carbocycles. The zero-order valence-corrected chi connectivity index (χ0v) is 19.3. The second-order valence-electron chi connectivity index (χ2n) is 7.26. The van der Waals surface area contributed by atoms with Gasteiger partial charge in [0.2, 0.25) is 0 Å². The molecule has 0 spiro atoms. The molecule has 2 aromatic heterocycles. The molecular formula is C22H17BrF4N6O. The lowest BCUT2D eigenvalue weighted by molar-refractivity contribution is -0.234. The average Bonchev–Trinajstić information content (AvgIpc) is 3.32. The van der Waals surface area contributed by atoms with Crippen LogP contribution in [0.2, 0.25) is 0 Å². The highest BCUT2D eigenvalue weighted by molar-refractivity contribution is 9.10. The molecule has 0 aliphatic rings. The minimum Gasteiger partial charge on any atom is -0.362 e. The van der Waals surface area contributed by atoms with E-state index in [-0.39, 0.29) is 6.61 Å². The van der Waals surface area contributed by atoms with Crippen molar-refractivity contribution in [1.82, 2.24) is 30.2 Å². The van der Waals surface area contributed by atoms with Gasteiger partial charge in [-0.25, -0.2) is 13.5 Å². The number of benzene rings is 2. The predicted octanol–water partition coefficient (Wildman–Crippen LogP) is 4.89. The molecule has 0 N–H and O–H groups in total. The molecule has 4 aromatic rings. The first-order chi connectivity index (χ1) is 16.3. The zero-order chi connectivity index (χ0) is 24.3. The third-order valence-electron chi connectivity index (χ3n) is 5.15. The Labute approximate surface area is 199 Å². The zero-order valence-electron chi connectivity index (χ0n) is 17.7. The molecule has 176 valence electrons. The lowest BCUT2D eigenvalue weighted by atomic mass is 9.84. The molecule has 1 atom stereocenters. The fraction of sp³-hybridized carbons (Fsp3) is 0.227. The third-order valence-corrected chi connectivity index (χ3v) is 5.68. The van der Waals surface area contributed by atoms with Crippen molar-refractivity contribution in [2.24, 2.45) is 0 Å². The van der Waals surface area contributed by atoms with Gasteiger partial charge in [0.15, 0.2) is 5.60 Å². The van der Waals surface area contributed by atoms with Gasteiger partial charge in [-0.1, -0.05) is 28.1 Å². The van der Waals surface area contributed by atoms with Gasteiger partial charge >= 0.3 is 5.92 Å². The first-order valence-electron chi connectivity index (χ1n) is 10.0. The molecule has 2 aromatic carbocycles. The Morgan fingerprint density at radius 1 is 1.03 bits per heavy atom. The highest BCUT2D eigenvalue weighted by atomic mass is 79.9. The lowest BCUT2D eigenvalue weighted by Crippen LogP contribution is -2.50. The van der Waals surface area contributed by atoms with Crippen LogP contribution in [0, 0.1) is 11.6 Å². The number of aromatic nitrogens is 6. The molecule has 0 fully saturated rings. The summed E-state index contributed by atoms with van der Waals surface area (Å²) in [7, 11) is 0. The van der Waals surface area contributed by atoms with E-state index in [0.717, 1.165) is 33.8 Å². The van der Waals surface area contributed by atoms with Crippen LogP contribution in [0.3, 0.4) is 0 Å². The summed E-state index contributed by atoms with van der Waals surface area (Å²) in [5.41, 5.74) is -2.97. The summed E-state index contributed by atoms with van der Waals surface area (Å²) in [4.78, 5) is 8.07. The third kappa shape index (κ3) is 4.42. The van der Waals surface area contributed by atoms with E-state index < -0.39 is 41.0 Å². The van der Waals surface area contributed by atoms with E-state index in [9.17, 15) is 8.78 Å². The van der Waals surface area contributed by atoms with Gasteiger partial charge in [-0.2, -0.15) is 8.78 Å². The van der Waals surface area contributed by atoms with Crippen LogP contribution in [0.4, 0.5) is 17.6 Å². The van der Waals surface area contributed by atoms with Crippen LogP contribution in [0.1, 0.15) is 18.2 Å². The Bertz CT molecular complexity index is 1260. The molecule has 0 saturated heterocycles. The van der Waals surface area contributed by atoms with E-state index in [2.05, 4.69) is 41.4 Å². The fourth-order valence-corrected chi connectivity index (χ4v) is 3.84. The molecule has 0 aliphatic carbocycles. The SMILES string of the molecule is CCOC(Cn1cnnn1)(c1ccc(F)cc1F)C(F)(F)c1cnc(-c2ccc(Br)cc2)cn1. The summed E-state index contributed by atoms with van der Waals surface area (Å²) in [6.45, 7) is 0.576. The summed E-state index contributed by atoms with van der Waals surface area (Å²) in [6, 6.07) is 9.38. The van der Waals surface area contributed by atoms with E-state index >= 15 is 8.78 Å². The van der Waals surface area contributed by atoms with Gasteiger partial charge in [0.1, 0.15) is 23.7 Å². The van der Waals surface area contributed by atoms with Gasteiger partial charge in [-0.3, -0.25) is 9.97 Å². The van der Waals surface area contributed by atoms with Crippen LogP contribution in [-0.4, -0.2) is 36.8 Å². The van der Waals surface area contributed by atoms with Crippen LogP contribution in [0.15, 0.2) is 65.7 Å². The normalized spacial score (nSPS) is 13.6. The van der Waals surface area contributed by atoms with Gasteiger partial charge in [-0.15, -0.1) is 5.10 Å². The number of rotatable bonds is 8. The van der Waals surface area contributed by atoms with Gasteiger partial charge in [0, 0.05) is 28.3 Å². The number of alkyl halides is 2. The minimum absolute atomic E-state index is 0.223. The van der Waals surface area contributed by atoms with Crippen LogP contribution in [0.5, 0.6) is 0 Å². The van der Waals surface area contributed by atoms with Crippen molar-refractivity contribution in [2.45, 2.75) is 25.0 Å². The molecule has 2 heterocycles. The largest absolute Gasteiger partial charge is 0.362 e. The first-order valence-corrected chi connectivity index (χ1v) is 10.8. The molecule has 12 heteroatoms. The first kappa shape index (κ1) is 23.9. The Balaban J connectivity index is 1.84. The van der Waals surface area contributed by atoms with Gasteiger partial charge < -0.3 is 4.74 Å². The maximum atomic E-state index is 16.2. The maximum Gasteiger partial charge on any atom is 0.325 e. The molecule has 7 nitrogen and oxygen atoms in total. The highest BCUT2D eigenvalue weighted by Gasteiger charge is 2.60. The molecule has 1 unspecified atom stereocenters. The number of nitrogens with zero attached hydrogens (tertiary/aromatic N) is 6. The van der Waals surface area contributed by atoms with Crippen molar-refractivity contribution >= 4 is 15.9 Å². The average molecular weight is 537 g/mol. The molecule has 0 amide bonds. The smallest absolute Gasteiger partial charge is 0.325 e. The summed E-state index contributed by atoms with van der Waals surface area (Å²) in [5, 5.41) is 10.5. The monoisotopic (exact) mass is 536 g/mol. The van der Waals surface area contributed by atoms with Crippen molar-refractivity contribution in [1.29, 1.82) is 0 Å². The number of halogens is 5. The van der Waals surface area contributed by atoms with Crippen LogP contribution >= 0.6 is 15.9 Å². The van der Waals surface area contributed by atoms with Crippen molar-refractivity contribution in [3.05, 3.63) is 88.6 Å². The van der Waals surface area contributed by atoms with Crippen molar-refractivity contribution in [2.75, 3.05) is 6.61 Å². The summed E-state index contributed by atoms with van der Waals surface area (Å²) in [5.74, 6) is -6.06. The van der Waals surface area contributed by atoms with E-state index in [1.807, 2.05) is 0 Å². The topological polar surface area (TPSA) is 78.6 Å². The fourth-order valence-electron chi connectivity index (χ4n) is 3.58. The second kappa shape index (κ2) is 9.55. The van der Waals surface area contributed by atoms with E-state index in [0.29, 0.717) is 17.3 Å². The summed E-state index contributed by atoms with van der Waals surface area (Å²) in [6.07, 6.45) is 3.20. The minimum atomic E-state index is -3.93. The van der Waals surface area contributed by atoms with Crippen molar-refractivity contribution in [3.63, 3.8) is 0 Å². The predicted molar refractivity (Wildman–Crippen MR) is 117 cm³/mol. The molecule has 0 bridgehead atoms. The summed E-state index contributed by atoms with van der Waals surface area (Å²) >= 11 is 3.33. The highest BCUT2D eigenvalue weighted by Crippen LogP contribution is 2.49. The maximum absolute atomic E-state index is 16.2. The Kier molecular flexibility index (Phi) is 6.71. The molecule has 0 aliphatic heterocycles. The lowest BCUT2D eigenvalue weighted by Gasteiger charge is -2.39. The van der Waals surface area contributed by atoms with E-state index in [1.165, 1.54) is 13.1 Å². The number of hydrogen-bond acceptors (Lipinski definition) is 6. The standard InChI is InChI=1S/C22H17BrF4N6O/c1-2-34-21(12-33-13-30-31-32-33,17-8-7-16(24)9-18(17)25)22(26,27)20-11-28-19(10-29-20)14-3-5-15(23)6-4-14/h3-11,13H,2,12H2,1H3. The number of hydrogen-bond donors (Lipinski definition) is 0. The van der Waals surface area contributed by atoms with Crippen LogP contribution in [0.25, 0.3) is 11.3 Å². The van der Waals surface area contributed by atoms with Gasteiger partial charge in [-0.05, 0) is 41.6 Å². The van der Waals surface area contributed by atoms with Crippen molar-refractivity contribution in [3.8, 4) is 11.3 Å². The Morgan fingerprint density at radius 2 is 1.79 bits per heavy atom. The summed E-state index contributed by atoms with van der Waals surface area (Å²) < 4.78 is 68.4. The van der Waals surface area contributed by atoms with E-state index in [1.54, 1.807) is 24.3 Å². The van der Waals surface area contributed by atoms with Gasteiger partial charge in [0.05, 0.1) is 24.6 Å². The molecule has 34 heavy (non-hydrogen) atoms. The Morgan fingerprint density at radius 3 is 2.38 bits per heavy atom. The van der Waals surface area contributed by atoms with Crippen LogP contribution < -0.4 is 0 Å². The van der Waals surface area contributed by atoms with E-state index in [4.69, 9.17) is 4.74 Å². The number of ether oxygens (including phenoxy) is 1. The van der Waals surface area contributed by atoms with Crippen molar-refractivity contribution < 1.29 is 22.3 Å². The van der Waals surface area contributed by atoms with Gasteiger partial charge in [0.25, 0.3) is 0 Å². The quantitative estimate of drug-likeness (QED) is 0.298. The molecular weight excluding hydrogens is 520 g/mol. The number of tetrazole rings is 1.